The molecule has 36 heavy (non-hydrogen) atoms. The lowest BCUT2D eigenvalue weighted by atomic mass is 9.82. The molecule has 1 N–H and O–H groups in total. The fraction of sp³-hybridized carbons (Fsp3) is 0.259. The summed E-state index contributed by atoms with van der Waals surface area (Å²) >= 11 is 12.6. The lowest BCUT2D eigenvalue weighted by Gasteiger charge is -2.42. The zero-order valence-corrected chi connectivity index (χ0v) is 21.2. The van der Waals surface area contributed by atoms with Crippen molar-refractivity contribution >= 4 is 46.6 Å². The molecule has 7 nitrogen and oxygen atoms in total. The summed E-state index contributed by atoms with van der Waals surface area (Å²) in [5, 5.41) is 4.05. The van der Waals surface area contributed by atoms with Gasteiger partial charge in [-0.1, -0.05) is 47.5 Å². The largest absolute Gasteiger partial charge is 0.510 e. The Morgan fingerprint density at radius 3 is 2.67 bits per heavy atom. The second kappa shape index (κ2) is 9.56. The number of hydrogen-bond donors (Lipinski definition) is 1. The smallest absolute Gasteiger partial charge is 0.497 e. The first-order valence-corrected chi connectivity index (χ1v) is 12.3. The molecule has 0 aromatic heterocycles. The van der Waals surface area contributed by atoms with Crippen molar-refractivity contribution in [1.29, 1.82) is 0 Å². The van der Waals surface area contributed by atoms with Crippen LogP contribution >= 0.6 is 23.2 Å². The van der Waals surface area contributed by atoms with Gasteiger partial charge in [-0.05, 0) is 48.4 Å². The number of nitrogens with zero attached hydrogens (tertiary/aromatic N) is 1. The summed E-state index contributed by atoms with van der Waals surface area (Å²) in [4.78, 5) is 28.4. The Balaban J connectivity index is 1.73. The molecule has 2 atom stereocenters. The van der Waals surface area contributed by atoms with Crippen LogP contribution in [0.2, 0.25) is 10.0 Å². The van der Waals surface area contributed by atoms with Gasteiger partial charge in [0.05, 0.1) is 13.7 Å². The molecule has 0 radical (unpaired) electrons. The van der Waals surface area contributed by atoms with Crippen LogP contribution in [-0.4, -0.2) is 32.0 Å². The van der Waals surface area contributed by atoms with Gasteiger partial charge in [0, 0.05) is 45.9 Å². The number of ether oxygens (including phenoxy) is 3. The van der Waals surface area contributed by atoms with Crippen LogP contribution in [0, 0.1) is 0 Å². The lowest BCUT2D eigenvalue weighted by molar-refractivity contribution is -0.122. The summed E-state index contributed by atoms with van der Waals surface area (Å²) in [5.74, 6) is 0.344. The fourth-order valence-corrected chi connectivity index (χ4v) is 5.47. The minimum absolute atomic E-state index is 0.168. The van der Waals surface area contributed by atoms with Gasteiger partial charge >= 0.3 is 6.16 Å². The Hall–Kier alpha value is -3.42. The zero-order chi connectivity index (χ0) is 25.4. The van der Waals surface area contributed by atoms with Gasteiger partial charge in [-0.25, -0.2) is 4.79 Å². The molecule has 3 aromatic carbocycles. The summed E-state index contributed by atoms with van der Waals surface area (Å²) in [6.45, 7) is 1.88. The summed E-state index contributed by atoms with van der Waals surface area (Å²) in [5.41, 5.74) is 2.51. The van der Waals surface area contributed by atoms with Crippen LogP contribution in [0.5, 0.6) is 5.75 Å². The van der Waals surface area contributed by atoms with Crippen molar-refractivity contribution < 1.29 is 23.8 Å². The van der Waals surface area contributed by atoms with Gasteiger partial charge in [0.25, 0.3) is 5.91 Å². The molecule has 2 unspecified atom stereocenters. The van der Waals surface area contributed by atoms with Crippen LogP contribution in [0.1, 0.15) is 23.6 Å². The molecule has 2 aliphatic heterocycles. The van der Waals surface area contributed by atoms with Crippen molar-refractivity contribution in [1.82, 2.24) is 0 Å². The minimum atomic E-state index is -1.28. The van der Waals surface area contributed by atoms with Crippen molar-refractivity contribution in [3.63, 3.8) is 0 Å². The number of nitrogens with one attached hydrogen (secondary N) is 1. The number of rotatable bonds is 6. The lowest BCUT2D eigenvalue weighted by Crippen LogP contribution is -2.57. The van der Waals surface area contributed by atoms with Crippen molar-refractivity contribution in [3.8, 4) is 5.75 Å². The summed E-state index contributed by atoms with van der Waals surface area (Å²) < 4.78 is 16.4. The van der Waals surface area contributed by atoms with Crippen LogP contribution in [0.15, 0.2) is 60.7 Å². The number of anilines is 2. The first-order chi connectivity index (χ1) is 17.3. The average molecular weight is 527 g/mol. The highest BCUT2D eigenvalue weighted by Gasteiger charge is 2.56. The van der Waals surface area contributed by atoms with Crippen LogP contribution in [-0.2, 0) is 32.6 Å². The van der Waals surface area contributed by atoms with E-state index in [1.165, 1.54) is 0 Å². The number of hydrogen-bond acceptors (Lipinski definition) is 6. The maximum absolute atomic E-state index is 14.0. The summed E-state index contributed by atoms with van der Waals surface area (Å²) in [6.07, 6.45) is -0.989. The fourth-order valence-electron chi connectivity index (χ4n) is 5.08. The number of benzene rings is 3. The van der Waals surface area contributed by atoms with Crippen molar-refractivity contribution in [3.05, 3.63) is 87.4 Å². The summed E-state index contributed by atoms with van der Waals surface area (Å²) in [7, 11) is 1.58. The number of carbonyl (C=O) groups is 2. The van der Waals surface area contributed by atoms with Crippen LogP contribution in [0.3, 0.4) is 0 Å². The molecule has 0 spiro atoms. The van der Waals surface area contributed by atoms with E-state index in [2.05, 4.69) is 5.32 Å². The average Bonchev–Trinajstić information content (AvgIpc) is 3.32. The second-order valence-corrected chi connectivity index (χ2v) is 9.51. The van der Waals surface area contributed by atoms with E-state index in [1.807, 2.05) is 47.4 Å². The molecule has 186 valence electrons. The number of amides is 1. The van der Waals surface area contributed by atoms with E-state index in [9.17, 15) is 9.59 Å². The predicted octanol–water partition coefficient (Wildman–Crippen LogP) is 5.95. The monoisotopic (exact) mass is 526 g/mol. The third-order valence-electron chi connectivity index (χ3n) is 6.54. The minimum Gasteiger partial charge on any atom is -0.497 e. The molecule has 0 bridgehead atoms. The molecule has 5 rings (SSSR count). The van der Waals surface area contributed by atoms with Gasteiger partial charge in [-0.15, -0.1) is 0 Å². The van der Waals surface area contributed by atoms with Gasteiger partial charge in [-0.2, -0.15) is 0 Å². The molecule has 0 saturated heterocycles. The maximum Gasteiger partial charge on any atom is 0.510 e. The standard InChI is InChI=1S/C27H24Cl2N2O5/c1-3-35-26(33)36-24-12-17-7-9-20(34-2)14-23(17)31(24)27(15-16-5-4-6-18(28)11-16)21-10-8-19(29)13-22(21)30-25(27)32/h4-11,13-14,24H,3,12,15H2,1-2H3,(H,30,32). The van der Waals surface area contributed by atoms with Crippen LogP contribution in [0.25, 0.3) is 0 Å². The quantitative estimate of drug-likeness (QED) is 0.399. The van der Waals surface area contributed by atoms with Gasteiger partial charge < -0.3 is 24.4 Å². The molecule has 0 aliphatic carbocycles. The second-order valence-electron chi connectivity index (χ2n) is 8.64. The highest BCUT2D eigenvalue weighted by atomic mass is 35.5. The highest BCUT2D eigenvalue weighted by Crippen LogP contribution is 2.51. The van der Waals surface area contributed by atoms with E-state index in [0.29, 0.717) is 33.5 Å². The number of carbonyl (C=O) groups excluding carboxylic acids is 2. The van der Waals surface area contributed by atoms with Gasteiger partial charge in [-0.3, -0.25) is 4.79 Å². The number of methoxy groups -OCH3 is 1. The molecule has 9 heteroatoms. The van der Waals surface area contributed by atoms with Crippen molar-refractivity contribution in [2.45, 2.75) is 31.5 Å². The third-order valence-corrected chi connectivity index (χ3v) is 7.01. The third kappa shape index (κ3) is 4.12. The van der Waals surface area contributed by atoms with E-state index in [-0.39, 0.29) is 18.9 Å². The molecule has 0 saturated carbocycles. The molecule has 0 fully saturated rings. The Morgan fingerprint density at radius 2 is 1.92 bits per heavy atom. The normalized spacial score (nSPS) is 19.9. The first-order valence-electron chi connectivity index (χ1n) is 11.5. The van der Waals surface area contributed by atoms with Crippen LogP contribution < -0.4 is 15.0 Å². The Bertz CT molecular complexity index is 1350. The van der Waals surface area contributed by atoms with Crippen LogP contribution in [0.4, 0.5) is 16.2 Å². The molecule has 1 amide bonds. The Kier molecular flexibility index (Phi) is 6.45. The number of fused-ring (bicyclic) bond motifs is 2. The van der Waals surface area contributed by atoms with E-state index in [1.54, 1.807) is 32.2 Å². The zero-order valence-electron chi connectivity index (χ0n) is 19.7. The molecule has 3 aromatic rings. The summed E-state index contributed by atoms with van der Waals surface area (Å²) in [6, 6.07) is 18.3. The maximum atomic E-state index is 14.0. The molecular weight excluding hydrogens is 503 g/mol. The molecule has 2 aliphatic rings. The van der Waals surface area contributed by atoms with E-state index >= 15 is 0 Å². The predicted molar refractivity (Wildman–Crippen MR) is 138 cm³/mol. The topological polar surface area (TPSA) is 77.1 Å². The van der Waals surface area contributed by atoms with Gasteiger partial charge in [0.15, 0.2) is 11.8 Å². The van der Waals surface area contributed by atoms with Gasteiger partial charge in [0.1, 0.15) is 5.75 Å². The first kappa shape index (κ1) is 24.3. The number of halogens is 2. The molecule has 2 heterocycles. The Labute approximate surface area is 218 Å². The molecular formula is C27H24Cl2N2O5. The SMILES string of the molecule is CCOC(=O)OC1Cc2ccc(OC)cc2N1C1(Cc2cccc(Cl)c2)C(=O)Nc2cc(Cl)ccc21. The van der Waals surface area contributed by atoms with Crippen molar-refractivity contribution in [2.24, 2.45) is 0 Å². The van der Waals surface area contributed by atoms with Crippen molar-refractivity contribution in [2.75, 3.05) is 23.9 Å². The van der Waals surface area contributed by atoms with E-state index < -0.39 is 17.9 Å². The van der Waals surface area contributed by atoms with E-state index in [4.69, 9.17) is 37.4 Å². The Morgan fingerprint density at radius 1 is 1.11 bits per heavy atom. The highest BCUT2D eigenvalue weighted by molar-refractivity contribution is 6.31. The van der Waals surface area contributed by atoms with Gasteiger partial charge in [0.2, 0.25) is 0 Å². The van der Waals surface area contributed by atoms with E-state index in [0.717, 1.165) is 16.8 Å².